The fraction of sp³-hybridized carbons (Fsp3) is 0.615. The summed E-state index contributed by atoms with van der Waals surface area (Å²) >= 11 is 1.83. The number of hydrogen-bond acceptors (Lipinski definition) is 2. The highest BCUT2D eigenvalue weighted by Gasteiger charge is 2.28. The summed E-state index contributed by atoms with van der Waals surface area (Å²) in [6.45, 7) is 9.06. The summed E-state index contributed by atoms with van der Waals surface area (Å²) in [4.78, 5) is 7.44. The zero-order valence-corrected chi connectivity index (χ0v) is 11.2. The Bertz CT molecular complexity index is 550. The molecular formula is C13H18N2S. The van der Waals surface area contributed by atoms with Crippen molar-refractivity contribution in [3.63, 3.8) is 0 Å². The van der Waals surface area contributed by atoms with Crippen molar-refractivity contribution in [3.8, 4) is 0 Å². The van der Waals surface area contributed by atoms with Crippen molar-refractivity contribution in [2.24, 2.45) is 0 Å². The lowest BCUT2D eigenvalue weighted by Gasteiger charge is -2.23. The minimum Gasteiger partial charge on any atom is -0.291 e. The van der Waals surface area contributed by atoms with Crippen LogP contribution in [-0.4, -0.2) is 9.38 Å². The molecule has 16 heavy (non-hydrogen) atoms. The second-order valence-electron chi connectivity index (χ2n) is 5.12. The Morgan fingerprint density at radius 1 is 1.19 bits per heavy atom. The van der Waals surface area contributed by atoms with Crippen LogP contribution < -0.4 is 0 Å². The van der Waals surface area contributed by atoms with Crippen LogP contribution in [0.3, 0.4) is 0 Å². The number of nitrogens with zero attached hydrogens (tertiary/aromatic N) is 2. The summed E-state index contributed by atoms with van der Waals surface area (Å²) in [5.74, 6) is 1.30. The first-order valence-electron chi connectivity index (χ1n) is 6.07. The summed E-state index contributed by atoms with van der Waals surface area (Å²) in [7, 11) is 0. The van der Waals surface area contributed by atoms with Crippen LogP contribution >= 0.6 is 11.3 Å². The van der Waals surface area contributed by atoms with Crippen LogP contribution in [0.25, 0.3) is 4.96 Å². The maximum atomic E-state index is 4.85. The van der Waals surface area contributed by atoms with Gasteiger partial charge in [0, 0.05) is 22.2 Å². The van der Waals surface area contributed by atoms with E-state index in [9.17, 15) is 0 Å². The lowest BCUT2D eigenvalue weighted by Crippen LogP contribution is -2.12. The molecule has 2 aromatic heterocycles. The molecule has 0 fully saturated rings. The third kappa shape index (κ3) is 1.21. The first kappa shape index (κ1) is 10.3. The van der Waals surface area contributed by atoms with Crippen molar-refractivity contribution in [1.29, 1.82) is 0 Å². The van der Waals surface area contributed by atoms with Crippen molar-refractivity contribution in [1.82, 2.24) is 9.38 Å². The Labute approximate surface area is 100 Å². The van der Waals surface area contributed by atoms with Gasteiger partial charge in [0.25, 0.3) is 0 Å². The molecule has 0 saturated heterocycles. The third-order valence-corrected chi connectivity index (χ3v) is 5.02. The lowest BCUT2D eigenvalue weighted by atomic mass is 9.85. The molecule has 1 aliphatic carbocycles. The van der Waals surface area contributed by atoms with Gasteiger partial charge in [-0.15, -0.1) is 11.3 Å². The summed E-state index contributed by atoms with van der Waals surface area (Å²) in [5.41, 5.74) is 4.22. The summed E-state index contributed by atoms with van der Waals surface area (Å²) < 4.78 is 2.40. The summed E-state index contributed by atoms with van der Waals surface area (Å²) in [6, 6.07) is 0. The number of hydrogen-bond donors (Lipinski definition) is 0. The molecule has 0 amide bonds. The monoisotopic (exact) mass is 234 g/mol. The number of fused-ring (bicyclic) bond motifs is 3. The quantitative estimate of drug-likeness (QED) is 0.673. The molecule has 2 unspecified atom stereocenters. The zero-order valence-electron chi connectivity index (χ0n) is 10.4. The van der Waals surface area contributed by atoms with E-state index in [2.05, 4.69) is 32.1 Å². The smallest absolute Gasteiger partial charge is 0.194 e. The van der Waals surface area contributed by atoms with Crippen molar-refractivity contribution in [2.75, 3.05) is 0 Å². The van der Waals surface area contributed by atoms with E-state index in [1.54, 1.807) is 0 Å². The number of rotatable bonds is 0. The van der Waals surface area contributed by atoms with Gasteiger partial charge in [0.1, 0.15) is 0 Å². The molecule has 0 N–H and O–H groups in total. The Morgan fingerprint density at radius 2 is 1.88 bits per heavy atom. The van der Waals surface area contributed by atoms with Crippen LogP contribution in [-0.2, 0) is 0 Å². The van der Waals surface area contributed by atoms with Crippen molar-refractivity contribution < 1.29 is 0 Å². The molecule has 0 saturated carbocycles. The first-order chi connectivity index (χ1) is 7.59. The van der Waals surface area contributed by atoms with Crippen molar-refractivity contribution in [3.05, 3.63) is 22.0 Å². The maximum absolute atomic E-state index is 4.85. The molecule has 86 valence electrons. The normalized spacial score (nSPS) is 25.0. The van der Waals surface area contributed by atoms with Crippen LogP contribution in [0.4, 0.5) is 0 Å². The molecule has 0 spiro atoms. The minimum atomic E-state index is 0.637. The highest BCUT2D eigenvalue weighted by atomic mass is 32.1. The van der Waals surface area contributed by atoms with E-state index in [0.29, 0.717) is 11.8 Å². The van der Waals surface area contributed by atoms with E-state index in [4.69, 9.17) is 4.98 Å². The number of aryl methyl sites for hydroxylation is 2. The molecular weight excluding hydrogens is 216 g/mol. The first-order valence-corrected chi connectivity index (χ1v) is 6.89. The van der Waals surface area contributed by atoms with Gasteiger partial charge in [-0.05, 0) is 32.6 Å². The van der Waals surface area contributed by atoms with E-state index >= 15 is 0 Å². The Hall–Kier alpha value is -0.830. The van der Waals surface area contributed by atoms with Gasteiger partial charge < -0.3 is 0 Å². The zero-order chi connectivity index (χ0) is 11.4. The highest BCUT2D eigenvalue weighted by Crippen LogP contribution is 2.40. The largest absolute Gasteiger partial charge is 0.291 e. The second kappa shape index (κ2) is 3.33. The molecule has 0 aliphatic heterocycles. The van der Waals surface area contributed by atoms with E-state index in [-0.39, 0.29) is 0 Å². The van der Waals surface area contributed by atoms with Crippen LogP contribution in [0, 0.1) is 13.8 Å². The highest BCUT2D eigenvalue weighted by molar-refractivity contribution is 7.17. The van der Waals surface area contributed by atoms with Crippen LogP contribution in [0.5, 0.6) is 0 Å². The van der Waals surface area contributed by atoms with Gasteiger partial charge in [-0.2, -0.15) is 0 Å². The molecule has 0 bridgehead atoms. The molecule has 2 aromatic rings. The van der Waals surface area contributed by atoms with Crippen molar-refractivity contribution in [2.45, 2.75) is 52.4 Å². The minimum absolute atomic E-state index is 0.637. The van der Waals surface area contributed by atoms with Gasteiger partial charge in [0.2, 0.25) is 0 Å². The van der Waals surface area contributed by atoms with Crippen LogP contribution in [0.2, 0.25) is 0 Å². The van der Waals surface area contributed by atoms with E-state index in [1.165, 1.54) is 39.8 Å². The predicted molar refractivity (Wildman–Crippen MR) is 68.6 cm³/mol. The Balaban J connectivity index is 2.36. The Kier molecular flexibility index (Phi) is 2.15. The lowest BCUT2D eigenvalue weighted by molar-refractivity contribution is 0.507. The number of thiazole rings is 1. The predicted octanol–water partition coefficient (Wildman–Crippen LogP) is 4.01. The molecule has 0 aromatic carbocycles. The second-order valence-corrected chi connectivity index (χ2v) is 6.31. The van der Waals surface area contributed by atoms with Gasteiger partial charge in [-0.1, -0.05) is 13.8 Å². The van der Waals surface area contributed by atoms with Gasteiger partial charge in [0.05, 0.1) is 5.69 Å². The fourth-order valence-electron chi connectivity index (χ4n) is 2.80. The number of imidazole rings is 1. The standard InChI is InChI=1S/C13H18N2S/c1-7-5-6-8(2)12-11(7)14-13-15(12)9(3)10(4)16-13/h7-8H,5-6H2,1-4H3. The number of aromatic nitrogens is 2. The summed E-state index contributed by atoms with van der Waals surface area (Å²) in [5, 5.41) is 0. The maximum Gasteiger partial charge on any atom is 0.194 e. The van der Waals surface area contributed by atoms with Crippen molar-refractivity contribution >= 4 is 16.3 Å². The SMILES string of the molecule is Cc1sc2nc3c(n2c1C)C(C)CCC3C. The van der Waals surface area contributed by atoms with Gasteiger partial charge in [0.15, 0.2) is 4.96 Å². The third-order valence-electron chi connectivity index (χ3n) is 3.97. The van der Waals surface area contributed by atoms with Gasteiger partial charge >= 0.3 is 0 Å². The molecule has 2 nitrogen and oxygen atoms in total. The Morgan fingerprint density at radius 3 is 2.62 bits per heavy atom. The fourth-order valence-corrected chi connectivity index (χ4v) is 3.78. The summed E-state index contributed by atoms with van der Waals surface area (Å²) in [6.07, 6.45) is 2.59. The molecule has 3 heteroatoms. The van der Waals surface area contributed by atoms with E-state index < -0.39 is 0 Å². The average Bonchev–Trinajstić information content (AvgIpc) is 2.73. The molecule has 1 aliphatic rings. The van der Waals surface area contributed by atoms with Gasteiger partial charge in [-0.3, -0.25) is 4.40 Å². The molecule has 3 rings (SSSR count). The van der Waals surface area contributed by atoms with Crippen LogP contribution in [0.1, 0.15) is 60.5 Å². The average molecular weight is 234 g/mol. The topological polar surface area (TPSA) is 17.3 Å². The molecule has 2 heterocycles. The molecule has 0 radical (unpaired) electrons. The molecule has 2 atom stereocenters. The van der Waals surface area contributed by atoms with E-state index in [1.807, 2.05) is 11.3 Å². The van der Waals surface area contributed by atoms with E-state index in [0.717, 1.165) is 0 Å². The van der Waals surface area contributed by atoms with Gasteiger partial charge in [-0.25, -0.2) is 4.98 Å². The van der Waals surface area contributed by atoms with Crippen LogP contribution in [0.15, 0.2) is 0 Å².